The molecule has 0 aliphatic carbocycles. The summed E-state index contributed by atoms with van der Waals surface area (Å²) >= 11 is 4.04. The van der Waals surface area contributed by atoms with Gasteiger partial charge in [0.15, 0.2) is 0 Å². The molecule has 2 N–H and O–H groups in total. The smallest absolute Gasteiger partial charge is 0.0444 e. The lowest BCUT2D eigenvalue weighted by molar-refractivity contribution is 0.657. The predicted octanol–water partition coefficient (Wildman–Crippen LogP) is 2.63. The molecule has 1 aliphatic rings. The van der Waals surface area contributed by atoms with Crippen molar-refractivity contribution >= 4 is 23.5 Å². The summed E-state index contributed by atoms with van der Waals surface area (Å²) in [4.78, 5) is 4.19. The van der Waals surface area contributed by atoms with Gasteiger partial charge in [-0.1, -0.05) is 6.92 Å². The Labute approximate surface area is 106 Å². The molecule has 0 aromatic carbocycles. The van der Waals surface area contributed by atoms with Crippen molar-refractivity contribution in [1.82, 2.24) is 4.98 Å². The molecule has 1 aliphatic heterocycles. The number of aromatic nitrogens is 1. The Kier molecular flexibility index (Phi) is 4.16. The second-order valence-corrected chi connectivity index (χ2v) is 6.94. The Morgan fingerprint density at radius 3 is 2.88 bits per heavy atom. The van der Waals surface area contributed by atoms with Crippen LogP contribution in [0.5, 0.6) is 0 Å². The van der Waals surface area contributed by atoms with Gasteiger partial charge in [-0.05, 0) is 24.1 Å². The maximum atomic E-state index is 6.39. The third kappa shape index (κ3) is 2.55. The van der Waals surface area contributed by atoms with Crippen LogP contribution in [-0.4, -0.2) is 27.0 Å². The zero-order valence-corrected chi connectivity index (χ0v) is 11.4. The first-order valence-electron chi connectivity index (χ1n) is 5.59. The van der Waals surface area contributed by atoms with E-state index in [1.165, 1.54) is 22.6 Å². The van der Waals surface area contributed by atoms with Gasteiger partial charge in [0.1, 0.15) is 0 Å². The summed E-state index contributed by atoms with van der Waals surface area (Å²) in [7, 11) is 0. The Bertz CT molecular complexity index is 357. The third-order valence-electron chi connectivity index (χ3n) is 3.03. The van der Waals surface area contributed by atoms with Crippen molar-refractivity contribution in [3.05, 3.63) is 29.6 Å². The Hall–Kier alpha value is -0.190. The van der Waals surface area contributed by atoms with Crippen LogP contribution in [0.25, 0.3) is 0 Å². The zero-order valence-electron chi connectivity index (χ0n) is 9.72. The van der Waals surface area contributed by atoms with Crippen LogP contribution in [0.15, 0.2) is 18.5 Å². The van der Waals surface area contributed by atoms with Crippen molar-refractivity contribution in [2.24, 2.45) is 5.73 Å². The van der Waals surface area contributed by atoms with Crippen LogP contribution in [0.4, 0.5) is 0 Å². The van der Waals surface area contributed by atoms with E-state index in [1.54, 1.807) is 0 Å². The Morgan fingerprint density at radius 1 is 1.44 bits per heavy atom. The van der Waals surface area contributed by atoms with Gasteiger partial charge in [0.25, 0.3) is 0 Å². The summed E-state index contributed by atoms with van der Waals surface area (Å²) in [5.41, 5.74) is 8.85. The lowest BCUT2D eigenvalue weighted by atomic mass is 10.0. The topological polar surface area (TPSA) is 38.9 Å². The normalized spacial score (nSPS) is 27.7. The molecular weight excluding hydrogens is 236 g/mol. The van der Waals surface area contributed by atoms with E-state index in [0.29, 0.717) is 10.5 Å². The number of nitrogens with zero attached hydrogens (tertiary/aromatic N) is 1. The molecule has 1 aromatic rings. The zero-order chi connectivity index (χ0) is 11.5. The van der Waals surface area contributed by atoms with Crippen LogP contribution in [0.1, 0.15) is 24.1 Å². The first kappa shape index (κ1) is 12.3. The quantitative estimate of drug-likeness (QED) is 0.880. The maximum absolute atomic E-state index is 6.39. The minimum Gasteiger partial charge on any atom is -0.323 e. The van der Waals surface area contributed by atoms with Gasteiger partial charge in [0.05, 0.1) is 0 Å². The SMILES string of the molecule is Cc1ccncc1C(N)C1SCCSC1C. The third-order valence-corrected chi connectivity index (χ3v) is 6.25. The molecule has 4 heteroatoms. The van der Waals surface area contributed by atoms with Gasteiger partial charge >= 0.3 is 0 Å². The molecule has 88 valence electrons. The first-order chi connectivity index (χ1) is 7.70. The van der Waals surface area contributed by atoms with E-state index in [2.05, 4.69) is 18.8 Å². The van der Waals surface area contributed by atoms with E-state index >= 15 is 0 Å². The molecule has 1 aromatic heterocycles. The lowest BCUT2D eigenvalue weighted by Crippen LogP contribution is -2.34. The van der Waals surface area contributed by atoms with Crippen LogP contribution >= 0.6 is 23.5 Å². The molecule has 0 bridgehead atoms. The number of hydrogen-bond donors (Lipinski definition) is 1. The Balaban J connectivity index is 2.17. The highest BCUT2D eigenvalue weighted by Gasteiger charge is 2.29. The lowest BCUT2D eigenvalue weighted by Gasteiger charge is -2.33. The largest absolute Gasteiger partial charge is 0.323 e. The average Bonchev–Trinajstić information content (AvgIpc) is 2.29. The fourth-order valence-corrected chi connectivity index (χ4v) is 4.92. The highest BCUT2D eigenvalue weighted by Crippen LogP contribution is 2.37. The van der Waals surface area contributed by atoms with Crippen molar-refractivity contribution in [3.8, 4) is 0 Å². The van der Waals surface area contributed by atoms with Gasteiger partial charge in [-0.2, -0.15) is 23.5 Å². The fourth-order valence-electron chi connectivity index (χ4n) is 2.05. The number of hydrogen-bond acceptors (Lipinski definition) is 4. The molecule has 16 heavy (non-hydrogen) atoms. The van der Waals surface area contributed by atoms with Crippen molar-refractivity contribution in [3.63, 3.8) is 0 Å². The number of pyridine rings is 1. The molecule has 0 spiro atoms. The molecular formula is C12H18N2S2. The number of aryl methyl sites for hydroxylation is 1. The van der Waals surface area contributed by atoms with Gasteiger partial charge in [-0.3, -0.25) is 4.98 Å². The van der Waals surface area contributed by atoms with E-state index in [9.17, 15) is 0 Å². The van der Waals surface area contributed by atoms with Gasteiger partial charge in [0, 0.05) is 40.4 Å². The van der Waals surface area contributed by atoms with E-state index in [-0.39, 0.29) is 6.04 Å². The van der Waals surface area contributed by atoms with Crippen LogP contribution in [0, 0.1) is 6.92 Å². The molecule has 3 atom stereocenters. The van der Waals surface area contributed by atoms with E-state index in [4.69, 9.17) is 5.73 Å². The summed E-state index contributed by atoms with van der Waals surface area (Å²) in [6.07, 6.45) is 3.75. The van der Waals surface area contributed by atoms with Crippen LogP contribution in [0.3, 0.4) is 0 Å². The number of thioether (sulfide) groups is 2. The number of rotatable bonds is 2. The predicted molar refractivity (Wildman–Crippen MR) is 74.1 cm³/mol. The van der Waals surface area contributed by atoms with E-state index < -0.39 is 0 Å². The maximum Gasteiger partial charge on any atom is 0.0444 e. The second kappa shape index (κ2) is 5.43. The molecule has 1 saturated heterocycles. The van der Waals surface area contributed by atoms with Gasteiger partial charge in [-0.15, -0.1) is 0 Å². The van der Waals surface area contributed by atoms with E-state index in [0.717, 1.165) is 0 Å². The highest BCUT2D eigenvalue weighted by molar-refractivity contribution is 8.07. The molecule has 1 fully saturated rings. The molecule has 2 rings (SSSR count). The molecule has 2 heterocycles. The van der Waals surface area contributed by atoms with Crippen molar-refractivity contribution in [1.29, 1.82) is 0 Å². The molecule has 0 saturated carbocycles. The van der Waals surface area contributed by atoms with Crippen LogP contribution in [0.2, 0.25) is 0 Å². The van der Waals surface area contributed by atoms with E-state index in [1.807, 2.05) is 42.0 Å². The van der Waals surface area contributed by atoms with Crippen LogP contribution < -0.4 is 5.73 Å². The van der Waals surface area contributed by atoms with Crippen molar-refractivity contribution in [2.75, 3.05) is 11.5 Å². The molecule has 0 amide bonds. The first-order valence-corrected chi connectivity index (χ1v) is 7.69. The summed E-state index contributed by atoms with van der Waals surface area (Å²) in [6.45, 7) is 4.40. The van der Waals surface area contributed by atoms with Crippen molar-refractivity contribution < 1.29 is 0 Å². The average molecular weight is 254 g/mol. The molecule has 0 radical (unpaired) electrons. The summed E-state index contributed by atoms with van der Waals surface area (Å²) in [5.74, 6) is 2.47. The summed E-state index contributed by atoms with van der Waals surface area (Å²) in [5, 5.41) is 1.15. The minimum absolute atomic E-state index is 0.112. The molecule has 3 unspecified atom stereocenters. The van der Waals surface area contributed by atoms with Gasteiger partial charge in [-0.25, -0.2) is 0 Å². The fraction of sp³-hybridized carbons (Fsp3) is 0.583. The Morgan fingerprint density at radius 2 is 2.19 bits per heavy atom. The highest BCUT2D eigenvalue weighted by atomic mass is 32.2. The summed E-state index contributed by atoms with van der Waals surface area (Å²) < 4.78 is 0. The monoisotopic (exact) mass is 254 g/mol. The minimum atomic E-state index is 0.112. The van der Waals surface area contributed by atoms with Gasteiger partial charge < -0.3 is 5.73 Å². The molecule has 2 nitrogen and oxygen atoms in total. The van der Waals surface area contributed by atoms with Crippen molar-refractivity contribution in [2.45, 2.75) is 30.4 Å². The second-order valence-electron chi connectivity index (χ2n) is 4.17. The summed E-state index contributed by atoms with van der Waals surface area (Å²) in [6, 6.07) is 2.15. The van der Waals surface area contributed by atoms with Gasteiger partial charge in [0.2, 0.25) is 0 Å². The van der Waals surface area contributed by atoms with Crippen LogP contribution in [-0.2, 0) is 0 Å². The standard InChI is InChI=1S/C12H18N2S2/c1-8-3-4-14-7-10(8)11(13)12-9(2)15-5-6-16-12/h3-4,7,9,11-12H,5-6,13H2,1-2H3. The number of nitrogens with two attached hydrogens (primary N) is 1.